The van der Waals surface area contributed by atoms with Gasteiger partial charge in [0.15, 0.2) is 0 Å². The Morgan fingerprint density at radius 2 is 1.80 bits per heavy atom. The Labute approximate surface area is 209 Å². The maximum Gasteiger partial charge on any atom is 0.227 e. The lowest BCUT2D eigenvalue weighted by molar-refractivity contribution is -0.118. The molecular weight excluding hydrogens is 442 g/mol. The van der Waals surface area contributed by atoms with Crippen molar-refractivity contribution >= 4 is 17.4 Å². The molecule has 3 rings (SSSR count). The van der Waals surface area contributed by atoms with E-state index in [1.165, 1.54) is 6.92 Å². The Balaban J connectivity index is 0.000000670. The number of hydrogen-bond acceptors (Lipinski definition) is 6. The van der Waals surface area contributed by atoms with E-state index in [4.69, 9.17) is 10.5 Å². The fourth-order valence-corrected chi connectivity index (χ4v) is 3.18. The largest absolute Gasteiger partial charge is 0.376 e. The summed E-state index contributed by atoms with van der Waals surface area (Å²) < 4.78 is 7.80. The minimum absolute atomic E-state index is 0.0370. The first-order valence-corrected chi connectivity index (χ1v) is 12.2. The fourth-order valence-electron chi connectivity index (χ4n) is 3.18. The first-order chi connectivity index (χ1) is 16.8. The van der Waals surface area contributed by atoms with E-state index >= 15 is 0 Å². The first-order valence-electron chi connectivity index (χ1n) is 12.2. The molecule has 0 aliphatic carbocycles. The van der Waals surface area contributed by atoms with Gasteiger partial charge in [-0.3, -0.25) is 9.59 Å². The van der Waals surface area contributed by atoms with Gasteiger partial charge in [-0.2, -0.15) is 5.10 Å². The van der Waals surface area contributed by atoms with Crippen LogP contribution in [-0.4, -0.2) is 45.6 Å². The summed E-state index contributed by atoms with van der Waals surface area (Å²) in [7, 11) is 1.93. The average Bonchev–Trinajstić information content (AvgIpc) is 3.30. The number of amides is 1. The first kappa shape index (κ1) is 29.9. The SMILES string of the molecule is CC.CC(=O)C(C)N.CC(COCc1ccccc1)c1nncccc(N2CCCC2=O)cn1C. The highest BCUT2D eigenvalue weighted by molar-refractivity contribution is 5.95. The monoisotopic (exact) mass is 483 g/mol. The number of carbonyl (C=O) groups excluding carboxylic acids is 2. The van der Waals surface area contributed by atoms with Crippen LogP contribution in [0.3, 0.4) is 0 Å². The average molecular weight is 484 g/mol. The molecule has 2 unspecified atom stereocenters. The molecular formula is C27H41N5O3. The smallest absolute Gasteiger partial charge is 0.227 e. The predicted octanol–water partition coefficient (Wildman–Crippen LogP) is 4.34. The molecule has 1 saturated heterocycles. The summed E-state index contributed by atoms with van der Waals surface area (Å²) in [4.78, 5) is 23.9. The summed E-state index contributed by atoms with van der Waals surface area (Å²) in [6.45, 7) is 11.1. The minimum atomic E-state index is -0.287. The number of aromatic nitrogens is 3. The van der Waals surface area contributed by atoms with Gasteiger partial charge >= 0.3 is 0 Å². The van der Waals surface area contributed by atoms with Gasteiger partial charge in [-0.25, -0.2) is 0 Å². The molecule has 8 heteroatoms. The number of nitrogens with zero attached hydrogens (tertiary/aromatic N) is 4. The van der Waals surface area contributed by atoms with E-state index in [1.807, 2.05) is 79.0 Å². The van der Waals surface area contributed by atoms with Crippen LogP contribution in [0.5, 0.6) is 0 Å². The molecule has 35 heavy (non-hydrogen) atoms. The Bertz CT molecular complexity index is 958. The number of anilines is 1. The molecule has 8 nitrogen and oxygen atoms in total. The highest BCUT2D eigenvalue weighted by atomic mass is 16.5. The van der Waals surface area contributed by atoms with Gasteiger partial charge in [0.05, 0.1) is 24.9 Å². The van der Waals surface area contributed by atoms with Gasteiger partial charge in [-0.15, -0.1) is 5.10 Å². The molecule has 1 aliphatic rings. The van der Waals surface area contributed by atoms with E-state index in [0.29, 0.717) is 19.6 Å². The van der Waals surface area contributed by atoms with Crippen molar-refractivity contribution in [2.75, 3.05) is 18.1 Å². The number of aryl methyl sites for hydroxylation is 1. The van der Waals surface area contributed by atoms with Crippen molar-refractivity contribution in [2.24, 2.45) is 12.8 Å². The number of ketones is 1. The van der Waals surface area contributed by atoms with Gasteiger partial charge in [0.2, 0.25) is 5.91 Å². The number of hydrogen-bond donors (Lipinski definition) is 1. The number of ether oxygens (including phenoxy) is 1. The standard InChI is InChI=1S/C21H26N4O2.C4H9NO.C2H6/c1-17(15-27-16-18-8-4-3-5-9-18)21-23-22-12-6-10-19(14-24(21)2)25-13-7-11-20(25)26;1-3(5)4(2)6;1-2/h3-6,8-10,12,14,17H,7,11,13,15-16H2,1-2H3;3H,5H2,1-2H3;1-2H3. The Morgan fingerprint density at radius 1 is 1.14 bits per heavy atom. The van der Waals surface area contributed by atoms with E-state index in [1.54, 1.807) is 13.1 Å². The molecule has 1 aromatic heterocycles. The van der Waals surface area contributed by atoms with Crippen molar-refractivity contribution in [3.63, 3.8) is 0 Å². The Morgan fingerprint density at radius 3 is 2.37 bits per heavy atom. The fraction of sp³-hybridized carbons (Fsp3) is 0.481. The summed E-state index contributed by atoms with van der Waals surface area (Å²) in [6, 6.07) is 13.5. The van der Waals surface area contributed by atoms with Gasteiger partial charge < -0.3 is 19.9 Å². The number of nitrogens with two attached hydrogens (primary N) is 1. The van der Waals surface area contributed by atoms with Crippen LogP contribution in [0.25, 0.3) is 0 Å². The van der Waals surface area contributed by atoms with Crippen LogP contribution in [0.1, 0.15) is 64.8 Å². The zero-order chi connectivity index (χ0) is 26.2. The van der Waals surface area contributed by atoms with Gasteiger partial charge in [0.1, 0.15) is 11.6 Å². The Hall–Kier alpha value is -3.10. The summed E-state index contributed by atoms with van der Waals surface area (Å²) >= 11 is 0. The molecule has 0 bridgehead atoms. The summed E-state index contributed by atoms with van der Waals surface area (Å²) in [5.41, 5.74) is 7.09. The molecule has 0 radical (unpaired) electrons. The molecule has 0 saturated carbocycles. The number of benzene rings is 1. The maximum absolute atomic E-state index is 12.1. The van der Waals surface area contributed by atoms with Crippen molar-refractivity contribution in [3.05, 3.63) is 66.2 Å². The second-order valence-electron chi connectivity index (χ2n) is 8.20. The van der Waals surface area contributed by atoms with Crippen LogP contribution in [-0.2, 0) is 28.0 Å². The topological polar surface area (TPSA) is 103 Å². The van der Waals surface area contributed by atoms with E-state index in [-0.39, 0.29) is 23.7 Å². The van der Waals surface area contributed by atoms with Crippen molar-refractivity contribution in [2.45, 2.75) is 66.0 Å². The number of Topliss-reactive ketones (excluding diaryl/α,β-unsaturated/α-hetero) is 1. The molecule has 192 valence electrons. The van der Waals surface area contributed by atoms with Gasteiger partial charge in [-0.05, 0) is 38.0 Å². The lowest BCUT2D eigenvalue weighted by atomic mass is 10.2. The van der Waals surface area contributed by atoms with E-state index in [0.717, 1.165) is 30.0 Å². The summed E-state index contributed by atoms with van der Waals surface area (Å²) in [5.74, 6) is 1.05. The van der Waals surface area contributed by atoms with Crippen molar-refractivity contribution in [3.8, 4) is 0 Å². The third-order valence-electron chi connectivity index (χ3n) is 5.21. The quantitative estimate of drug-likeness (QED) is 0.628. The highest BCUT2D eigenvalue weighted by Gasteiger charge is 2.21. The van der Waals surface area contributed by atoms with Crippen molar-refractivity contribution in [1.82, 2.24) is 14.8 Å². The molecule has 1 aromatic carbocycles. The number of rotatable bonds is 7. The summed E-state index contributed by atoms with van der Waals surface area (Å²) in [5, 5.41) is 8.49. The Kier molecular flexibility index (Phi) is 14.1. The second kappa shape index (κ2) is 16.5. The third kappa shape index (κ3) is 10.8. The predicted molar refractivity (Wildman–Crippen MR) is 140 cm³/mol. The molecule has 1 aliphatic heterocycles. The van der Waals surface area contributed by atoms with E-state index in [9.17, 15) is 9.59 Å². The normalized spacial score (nSPS) is 14.0. The molecule has 1 amide bonds. The van der Waals surface area contributed by atoms with Crippen LogP contribution in [0, 0.1) is 0 Å². The van der Waals surface area contributed by atoms with Crippen LogP contribution >= 0.6 is 0 Å². The molecule has 2 atom stereocenters. The van der Waals surface area contributed by atoms with E-state index < -0.39 is 0 Å². The minimum Gasteiger partial charge on any atom is -0.376 e. The zero-order valence-electron chi connectivity index (χ0n) is 22.0. The lowest BCUT2D eigenvalue weighted by Crippen LogP contribution is -2.24. The van der Waals surface area contributed by atoms with Crippen LogP contribution in [0.2, 0.25) is 0 Å². The lowest BCUT2D eigenvalue weighted by Gasteiger charge is -2.17. The van der Waals surface area contributed by atoms with Crippen molar-refractivity contribution < 1.29 is 14.3 Å². The van der Waals surface area contributed by atoms with Gasteiger partial charge in [0.25, 0.3) is 0 Å². The maximum atomic E-state index is 12.1. The second-order valence-corrected chi connectivity index (χ2v) is 8.20. The molecule has 2 N–H and O–H groups in total. The van der Waals surface area contributed by atoms with Crippen LogP contribution < -0.4 is 10.6 Å². The molecule has 2 heterocycles. The number of carbonyl (C=O) groups is 2. The summed E-state index contributed by atoms with van der Waals surface area (Å²) in [6.07, 6.45) is 5.09. The van der Waals surface area contributed by atoms with Gasteiger partial charge in [-0.1, -0.05) is 51.1 Å². The van der Waals surface area contributed by atoms with Crippen LogP contribution in [0.15, 0.2) is 54.9 Å². The van der Waals surface area contributed by atoms with Gasteiger partial charge in [0, 0.05) is 38.3 Å². The molecule has 0 spiro atoms. The van der Waals surface area contributed by atoms with Crippen molar-refractivity contribution in [1.29, 1.82) is 0 Å². The van der Waals surface area contributed by atoms with E-state index in [2.05, 4.69) is 17.1 Å². The molecule has 2 aromatic rings. The van der Waals surface area contributed by atoms with Crippen LogP contribution in [0.4, 0.5) is 5.69 Å². The third-order valence-corrected chi connectivity index (χ3v) is 5.21. The highest BCUT2D eigenvalue weighted by Crippen LogP contribution is 2.20. The molecule has 1 fully saturated rings. The zero-order valence-corrected chi connectivity index (χ0v) is 22.0.